The number of carbonyl (C=O) groups is 1. The monoisotopic (exact) mass is 301 g/mol. The molecule has 0 aromatic heterocycles. The van der Waals surface area contributed by atoms with Crippen LogP contribution in [0.3, 0.4) is 0 Å². The fourth-order valence-corrected chi connectivity index (χ4v) is 3.98. The Balaban J connectivity index is 1.80. The number of nitrogens with zero attached hydrogens (tertiary/aromatic N) is 1. The van der Waals surface area contributed by atoms with Crippen molar-refractivity contribution in [2.45, 2.75) is 63.5 Å². The van der Waals surface area contributed by atoms with Crippen molar-refractivity contribution in [2.75, 3.05) is 13.2 Å². The Labute approximate surface area is 133 Å². The van der Waals surface area contributed by atoms with Crippen LogP contribution in [0.1, 0.15) is 56.9 Å². The maximum atomic E-state index is 13.2. The molecule has 0 N–H and O–H groups in total. The number of morpholine rings is 1. The maximum Gasteiger partial charge on any atom is 0.230 e. The van der Waals surface area contributed by atoms with Gasteiger partial charge in [0, 0.05) is 6.54 Å². The van der Waals surface area contributed by atoms with Crippen molar-refractivity contribution >= 4 is 5.91 Å². The minimum Gasteiger partial charge on any atom is -0.374 e. The quantitative estimate of drug-likeness (QED) is 0.848. The van der Waals surface area contributed by atoms with Gasteiger partial charge in [0.2, 0.25) is 5.91 Å². The Morgan fingerprint density at radius 2 is 2.05 bits per heavy atom. The molecule has 22 heavy (non-hydrogen) atoms. The lowest BCUT2D eigenvalue weighted by Gasteiger charge is -2.45. The predicted molar refractivity (Wildman–Crippen MR) is 87.8 cm³/mol. The minimum absolute atomic E-state index is 0.00637. The van der Waals surface area contributed by atoms with E-state index in [0.29, 0.717) is 18.6 Å². The molecule has 1 saturated heterocycles. The first kappa shape index (κ1) is 15.5. The summed E-state index contributed by atoms with van der Waals surface area (Å²) in [6, 6.07) is 10.6. The summed E-state index contributed by atoms with van der Waals surface area (Å²) in [4.78, 5) is 15.4. The second-order valence-corrected chi connectivity index (χ2v) is 6.54. The van der Waals surface area contributed by atoms with E-state index < -0.39 is 0 Å². The van der Waals surface area contributed by atoms with Crippen molar-refractivity contribution in [3.05, 3.63) is 35.9 Å². The number of fused-ring (bicyclic) bond motifs is 1. The zero-order valence-corrected chi connectivity index (χ0v) is 13.5. The molecule has 0 spiro atoms. The molecule has 2 fully saturated rings. The van der Waals surface area contributed by atoms with Gasteiger partial charge in [-0.1, -0.05) is 56.5 Å². The molecule has 1 saturated carbocycles. The number of hydrogen-bond donors (Lipinski definition) is 0. The number of benzene rings is 1. The van der Waals surface area contributed by atoms with Gasteiger partial charge in [0.1, 0.15) is 0 Å². The van der Waals surface area contributed by atoms with E-state index in [0.717, 1.165) is 37.8 Å². The van der Waals surface area contributed by atoms with Gasteiger partial charge in [-0.25, -0.2) is 0 Å². The third kappa shape index (κ3) is 3.19. The van der Waals surface area contributed by atoms with E-state index in [9.17, 15) is 4.79 Å². The number of ether oxygens (including phenoxy) is 1. The van der Waals surface area contributed by atoms with Crippen LogP contribution in [0, 0.1) is 0 Å². The molecule has 1 amide bonds. The average molecular weight is 301 g/mol. The van der Waals surface area contributed by atoms with Crippen LogP contribution in [0.15, 0.2) is 30.3 Å². The summed E-state index contributed by atoms with van der Waals surface area (Å²) in [6.45, 7) is 3.61. The fourth-order valence-electron chi connectivity index (χ4n) is 3.98. The number of carbonyl (C=O) groups excluding carboxylic acids is 1. The van der Waals surface area contributed by atoms with Crippen LogP contribution >= 0.6 is 0 Å². The third-order valence-electron chi connectivity index (χ3n) is 5.09. The molecule has 1 aromatic carbocycles. The van der Waals surface area contributed by atoms with Gasteiger partial charge >= 0.3 is 0 Å². The summed E-state index contributed by atoms with van der Waals surface area (Å²) in [5.74, 6) is 0.320. The molecule has 3 nitrogen and oxygen atoms in total. The van der Waals surface area contributed by atoms with Crippen LogP contribution in [0.2, 0.25) is 0 Å². The first-order valence-electron chi connectivity index (χ1n) is 8.78. The minimum atomic E-state index is 0.00637. The highest BCUT2D eigenvalue weighted by Gasteiger charge is 2.38. The van der Waals surface area contributed by atoms with E-state index in [1.807, 2.05) is 18.2 Å². The van der Waals surface area contributed by atoms with Gasteiger partial charge in [0.15, 0.2) is 0 Å². The van der Waals surface area contributed by atoms with Crippen LogP contribution in [0.25, 0.3) is 0 Å². The normalized spacial score (nSPS) is 26.3. The Morgan fingerprint density at radius 1 is 1.27 bits per heavy atom. The van der Waals surface area contributed by atoms with Crippen LogP contribution in [0.5, 0.6) is 0 Å². The second-order valence-electron chi connectivity index (χ2n) is 6.54. The second kappa shape index (κ2) is 7.28. The van der Waals surface area contributed by atoms with Gasteiger partial charge in [-0.2, -0.15) is 0 Å². The average Bonchev–Trinajstić information content (AvgIpc) is 2.59. The molecule has 1 aromatic rings. The van der Waals surface area contributed by atoms with Crippen molar-refractivity contribution in [2.24, 2.45) is 0 Å². The van der Waals surface area contributed by atoms with Crippen molar-refractivity contribution < 1.29 is 9.53 Å². The van der Waals surface area contributed by atoms with Gasteiger partial charge < -0.3 is 9.64 Å². The summed E-state index contributed by atoms with van der Waals surface area (Å²) in [5, 5.41) is 0. The van der Waals surface area contributed by atoms with E-state index >= 15 is 0 Å². The smallest absolute Gasteiger partial charge is 0.230 e. The highest BCUT2D eigenvalue weighted by atomic mass is 16.5. The molecule has 2 aliphatic rings. The maximum absolute atomic E-state index is 13.2. The molecule has 3 heteroatoms. The van der Waals surface area contributed by atoms with Crippen LogP contribution in [-0.2, 0) is 9.53 Å². The molecule has 3 rings (SSSR count). The Morgan fingerprint density at radius 3 is 2.82 bits per heavy atom. The SMILES string of the molecule is CCCC(C(=O)N1CCOC2CCCCC21)c1ccccc1. The molecule has 1 heterocycles. The Bertz CT molecular complexity index is 485. The van der Waals surface area contributed by atoms with Gasteiger partial charge in [-0.3, -0.25) is 4.79 Å². The van der Waals surface area contributed by atoms with Crippen molar-refractivity contribution in [3.63, 3.8) is 0 Å². The molecular formula is C19H27NO2. The molecule has 1 aliphatic heterocycles. The molecule has 3 atom stereocenters. The van der Waals surface area contributed by atoms with Gasteiger partial charge in [-0.05, 0) is 24.8 Å². The van der Waals surface area contributed by atoms with E-state index in [1.165, 1.54) is 12.8 Å². The third-order valence-corrected chi connectivity index (χ3v) is 5.09. The van der Waals surface area contributed by atoms with Crippen molar-refractivity contribution in [1.82, 2.24) is 4.90 Å². The standard InChI is InChI=1S/C19H27NO2/c1-2-8-16(15-9-4-3-5-10-15)19(21)20-13-14-22-18-12-7-6-11-17(18)20/h3-5,9-10,16-18H,2,6-8,11-14H2,1H3. The topological polar surface area (TPSA) is 29.5 Å². The zero-order chi connectivity index (χ0) is 15.4. The van der Waals surface area contributed by atoms with Crippen molar-refractivity contribution in [3.8, 4) is 0 Å². The first-order valence-corrected chi connectivity index (χ1v) is 8.78. The van der Waals surface area contributed by atoms with Gasteiger partial charge in [0.25, 0.3) is 0 Å². The first-order chi connectivity index (χ1) is 10.8. The van der Waals surface area contributed by atoms with Crippen molar-refractivity contribution in [1.29, 1.82) is 0 Å². The van der Waals surface area contributed by atoms with Gasteiger partial charge in [-0.15, -0.1) is 0 Å². The van der Waals surface area contributed by atoms with Crippen LogP contribution < -0.4 is 0 Å². The summed E-state index contributed by atoms with van der Waals surface area (Å²) in [5.41, 5.74) is 1.16. The summed E-state index contributed by atoms with van der Waals surface area (Å²) in [6.07, 6.45) is 6.89. The van der Waals surface area contributed by atoms with E-state index in [4.69, 9.17) is 4.74 Å². The lowest BCUT2D eigenvalue weighted by Crippen LogP contribution is -2.55. The Kier molecular flexibility index (Phi) is 5.14. The lowest BCUT2D eigenvalue weighted by atomic mass is 9.87. The van der Waals surface area contributed by atoms with E-state index in [1.54, 1.807) is 0 Å². The predicted octanol–water partition coefficient (Wildman–Crippen LogP) is 3.74. The molecule has 0 bridgehead atoms. The molecular weight excluding hydrogens is 274 g/mol. The number of rotatable bonds is 4. The Hall–Kier alpha value is -1.35. The van der Waals surface area contributed by atoms with Gasteiger partial charge in [0.05, 0.1) is 24.7 Å². The molecule has 120 valence electrons. The number of hydrogen-bond acceptors (Lipinski definition) is 2. The summed E-state index contributed by atoms with van der Waals surface area (Å²) < 4.78 is 5.91. The highest BCUT2D eigenvalue weighted by molar-refractivity contribution is 5.84. The molecule has 3 unspecified atom stereocenters. The largest absolute Gasteiger partial charge is 0.374 e. The van der Waals surface area contributed by atoms with E-state index in [2.05, 4.69) is 24.0 Å². The molecule has 1 aliphatic carbocycles. The number of amides is 1. The van der Waals surface area contributed by atoms with Crippen LogP contribution in [-0.4, -0.2) is 36.1 Å². The molecule has 0 radical (unpaired) electrons. The fraction of sp³-hybridized carbons (Fsp3) is 0.632. The van der Waals surface area contributed by atoms with E-state index in [-0.39, 0.29) is 12.0 Å². The summed E-state index contributed by atoms with van der Waals surface area (Å²) >= 11 is 0. The van der Waals surface area contributed by atoms with Crippen LogP contribution in [0.4, 0.5) is 0 Å². The summed E-state index contributed by atoms with van der Waals surface area (Å²) in [7, 11) is 0. The zero-order valence-electron chi connectivity index (χ0n) is 13.5. The highest BCUT2D eigenvalue weighted by Crippen LogP contribution is 2.32. The lowest BCUT2D eigenvalue weighted by molar-refractivity contribution is -0.151.